The number of piperidine rings is 2. The SMILES string of the molecule is O=C(CCc1ccccc1)Nc1ccnn1C1CCN(C(=O)CCN2C[C@@H]3CC[C@@H]2C3)CC1. The Morgan fingerprint density at radius 3 is 2.52 bits per heavy atom. The van der Waals surface area contributed by atoms with Crippen LogP contribution in [0.2, 0.25) is 0 Å². The Morgan fingerprint density at radius 2 is 1.79 bits per heavy atom. The molecule has 2 saturated heterocycles. The molecule has 2 bridgehead atoms. The number of rotatable bonds is 8. The summed E-state index contributed by atoms with van der Waals surface area (Å²) in [7, 11) is 0. The summed E-state index contributed by atoms with van der Waals surface area (Å²) >= 11 is 0. The van der Waals surface area contributed by atoms with E-state index in [9.17, 15) is 9.59 Å². The van der Waals surface area contributed by atoms with Crippen LogP contribution in [0.1, 0.15) is 56.6 Å². The zero-order valence-electron chi connectivity index (χ0n) is 19.4. The largest absolute Gasteiger partial charge is 0.343 e. The normalized spacial score (nSPS) is 23.2. The molecule has 33 heavy (non-hydrogen) atoms. The van der Waals surface area contributed by atoms with E-state index >= 15 is 0 Å². The molecule has 1 aromatic heterocycles. The topological polar surface area (TPSA) is 70.5 Å². The van der Waals surface area contributed by atoms with E-state index in [-0.39, 0.29) is 17.9 Å². The number of hydrogen-bond acceptors (Lipinski definition) is 4. The zero-order valence-corrected chi connectivity index (χ0v) is 19.4. The van der Waals surface area contributed by atoms with Crippen molar-refractivity contribution in [2.75, 3.05) is 31.5 Å². The third kappa shape index (κ3) is 5.29. The minimum Gasteiger partial charge on any atom is -0.343 e. The van der Waals surface area contributed by atoms with Gasteiger partial charge >= 0.3 is 0 Å². The average Bonchev–Trinajstić information content (AvgIpc) is 3.60. The molecule has 2 aliphatic heterocycles. The van der Waals surface area contributed by atoms with Crippen molar-refractivity contribution in [3.05, 3.63) is 48.2 Å². The molecule has 1 saturated carbocycles. The first-order chi connectivity index (χ1) is 16.2. The van der Waals surface area contributed by atoms with Gasteiger partial charge in [0.05, 0.1) is 12.2 Å². The highest BCUT2D eigenvalue weighted by molar-refractivity contribution is 5.90. The molecule has 0 spiro atoms. The maximum Gasteiger partial charge on any atom is 0.225 e. The van der Waals surface area contributed by atoms with E-state index in [4.69, 9.17) is 0 Å². The second-order valence-corrected chi connectivity index (χ2v) is 9.88. The molecule has 1 aromatic carbocycles. The van der Waals surface area contributed by atoms with E-state index in [2.05, 4.69) is 15.3 Å². The molecule has 0 radical (unpaired) electrons. The molecule has 3 heterocycles. The number of anilines is 1. The number of carbonyl (C=O) groups excluding carboxylic acids is 2. The lowest BCUT2D eigenvalue weighted by molar-refractivity contribution is -0.133. The Morgan fingerprint density at radius 1 is 0.970 bits per heavy atom. The highest BCUT2D eigenvalue weighted by Gasteiger charge is 2.37. The minimum atomic E-state index is 0.00355. The molecule has 7 heteroatoms. The number of likely N-dealkylation sites (tertiary alicyclic amines) is 2. The average molecular weight is 450 g/mol. The summed E-state index contributed by atoms with van der Waals surface area (Å²) in [5, 5.41) is 7.52. The van der Waals surface area contributed by atoms with Crippen LogP contribution in [-0.4, -0.2) is 63.6 Å². The van der Waals surface area contributed by atoms with Crippen molar-refractivity contribution in [1.82, 2.24) is 19.6 Å². The van der Waals surface area contributed by atoms with Crippen LogP contribution in [0, 0.1) is 5.92 Å². The van der Waals surface area contributed by atoms with E-state index < -0.39 is 0 Å². The Labute approximate surface area is 196 Å². The van der Waals surface area contributed by atoms with Gasteiger partial charge in [0, 0.05) is 51.1 Å². The van der Waals surface area contributed by atoms with E-state index in [1.165, 1.54) is 25.8 Å². The number of hydrogen-bond donors (Lipinski definition) is 1. The van der Waals surface area contributed by atoms with E-state index in [0.29, 0.717) is 12.8 Å². The van der Waals surface area contributed by atoms with Gasteiger partial charge in [0.15, 0.2) is 0 Å². The lowest BCUT2D eigenvalue weighted by atomic mass is 10.0. The van der Waals surface area contributed by atoms with Crippen LogP contribution < -0.4 is 5.32 Å². The number of nitrogens with one attached hydrogen (secondary N) is 1. The van der Waals surface area contributed by atoms with Crippen LogP contribution in [0.4, 0.5) is 5.82 Å². The van der Waals surface area contributed by atoms with Crippen molar-refractivity contribution in [3.8, 4) is 0 Å². The second-order valence-electron chi connectivity index (χ2n) is 9.88. The molecule has 2 atom stereocenters. The first-order valence-corrected chi connectivity index (χ1v) is 12.5. The van der Waals surface area contributed by atoms with Gasteiger partial charge in [-0.3, -0.25) is 14.5 Å². The fraction of sp³-hybridized carbons (Fsp3) is 0.577. The Hall–Kier alpha value is -2.67. The number of carbonyl (C=O) groups is 2. The molecule has 176 valence electrons. The molecule has 7 nitrogen and oxygen atoms in total. The summed E-state index contributed by atoms with van der Waals surface area (Å²) in [6.07, 6.45) is 9.33. The molecule has 1 N–H and O–H groups in total. The molecule has 0 unspecified atom stereocenters. The van der Waals surface area contributed by atoms with Crippen molar-refractivity contribution in [2.24, 2.45) is 5.92 Å². The quantitative estimate of drug-likeness (QED) is 0.670. The lowest BCUT2D eigenvalue weighted by Gasteiger charge is -2.33. The second kappa shape index (κ2) is 10.1. The highest BCUT2D eigenvalue weighted by Crippen LogP contribution is 2.37. The van der Waals surface area contributed by atoms with E-state index in [0.717, 1.165) is 62.2 Å². The monoisotopic (exact) mass is 449 g/mol. The molecule has 1 aliphatic carbocycles. The van der Waals surface area contributed by atoms with Gasteiger partial charge in [-0.2, -0.15) is 5.10 Å². The van der Waals surface area contributed by atoms with Crippen LogP contribution in [0.25, 0.3) is 0 Å². The van der Waals surface area contributed by atoms with Crippen LogP contribution >= 0.6 is 0 Å². The molecule has 2 aromatic rings. The smallest absolute Gasteiger partial charge is 0.225 e. The van der Waals surface area contributed by atoms with E-state index in [1.54, 1.807) is 6.20 Å². The van der Waals surface area contributed by atoms with Crippen LogP contribution in [0.3, 0.4) is 0 Å². The van der Waals surface area contributed by atoms with Gasteiger partial charge < -0.3 is 10.2 Å². The Balaban J connectivity index is 1.07. The summed E-state index contributed by atoms with van der Waals surface area (Å²) in [5.74, 6) is 1.92. The highest BCUT2D eigenvalue weighted by atomic mass is 16.2. The number of benzene rings is 1. The van der Waals surface area contributed by atoms with Gasteiger partial charge in [-0.1, -0.05) is 30.3 Å². The van der Waals surface area contributed by atoms with Crippen molar-refractivity contribution < 1.29 is 9.59 Å². The number of fused-ring (bicyclic) bond motifs is 2. The summed E-state index contributed by atoms with van der Waals surface area (Å²) < 4.78 is 1.93. The fourth-order valence-corrected chi connectivity index (χ4v) is 5.87. The van der Waals surface area contributed by atoms with Gasteiger partial charge in [0.2, 0.25) is 11.8 Å². The van der Waals surface area contributed by atoms with Crippen LogP contribution in [-0.2, 0) is 16.0 Å². The predicted molar refractivity (Wildman–Crippen MR) is 128 cm³/mol. The number of nitrogens with zero attached hydrogens (tertiary/aromatic N) is 4. The fourth-order valence-electron chi connectivity index (χ4n) is 5.87. The third-order valence-electron chi connectivity index (χ3n) is 7.72. The molecular weight excluding hydrogens is 414 g/mol. The van der Waals surface area contributed by atoms with Gasteiger partial charge in [-0.05, 0) is 50.0 Å². The summed E-state index contributed by atoms with van der Waals surface area (Å²) in [4.78, 5) is 29.8. The van der Waals surface area contributed by atoms with Crippen molar-refractivity contribution in [1.29, 1.82) is 0 Å². The zero-order chi connectivity index (χ0) is 22.6. The maximum atomic E-state index is 12.8. The minimum absolute atomic E-state index is 0.00355. The first kappa shape index (κ1) is 22.1. The Bertz CT molecular complexity index is 951. The van der Waals surface area contributed by atoms with E-state index in [1.807, 2.05) is 46.0 Å². The van der Waals surface area contributed by atoms with Gasteiger partial charge in [-0.15, -0.1) is 0 Å². The molecule has 3 fully saturated rings. The first-order valence-electron chi connectivity index (χ1n) is 12.5. The number of amides is 2. The lowest BCUT2D eigenvalue weighted by Crippen LogP contribution is -2.41. The standard InChI is InChI=1S/C26H35N5O2/c32-25(9-7-20-4-2-1-3-5-20)28-24-10-14-27-31(24)22-11-15-29(16-12-22)26(33)13-17-30-19-21-6-8-23(30)18-21/h1-5,10,14,21-23H,6-9,11-13,15-19H2,(H,28,32)/t21-,23-/m1/s1. The van der Waals surface area contributed by atoms with Gasteiger partial charge in [0.1, 0.15) is 5.82 Å². The number of aryl methyl sites for hydroxylation is 1. The molecule has 2 amide bonds. The van der Waals surface area contributed by atoms with Crippen molar-refractivity contribution >= 4 is 17.6 Å². The third-order valence-corrected chi connectivity index (χ3v) is 7.72. The van der Waals surface area contributed by atoms with Crippen molar-refractivity contribution in [3.63, 3.8) is 0 Å². The van der Waals surface area contributed by atoms with Gasteiger partial charge in [0.25, 0.3) is 0 Å². The summed E-state index contributed by atoms with van der Waals surface area (Å²) in [5.41, 5.74) is 1.16. The van der Waals surface area contributed by atoms with Crippen LogP contribution in [0.5, 0.6) is 0 Å². The molecular formula is C26H35N5O2. The summed E-state index contributed by atoms with van der Waals surface area (Å²) in [6, 6.07) is 12.9. The van der Waals surface area contributed by atoms with Gasteiger partial charge in [-0.25, -0.2) is 4.68 Å². The van der Waals surface area contributed by atoms with Crippen molar-refractivity contribution in [2.45, 2.75) is 63.5 Å². The van der Waals surface area contributed by atoms with Crippen LogP contribution in [0.15, 0.2) is 42.6 Å². The predicted octanol–water partition coefficient (Wildman–Crippen LogP) is 3.49. The maximum absolute atomic E-state index is 12.8. The Kier molecular flexibility index (Phi) is 6.76. The number of aromatic nitrogens is 2. The molecule has 3 aliphatic rings. The summed E-state index contributed by atoms with van der Waals surface area (Å²) in [6.45, 7) is 3.63. The molecule has 5 rings (SSSR count).